The lowest BCUT2D eigenvalue weighted by molar-refractivity contribution is -0.0712. The number of halogens is 2. The van der Waals surface area contributed by atoms with Crippen molar-refractivity contribution in [2.24, 2.45) is 5.41 Å². The molecule has 9 heteroatoms. The summed E-state index contributed by atoms with van der Waals surface area (Å²) in [6.45, 7) is 2.39. The van der Waals surface area contributed by atoms with Gasteiger partial charge in [-0.15, -0.1) is 10.2 Å². The van der Waals surface area contributed by atoms with Crippen molar-refractivity contribution in [1.82, 2.24) is 14.6 Å². The number of rotatable bonds is 7. The summed E-state index contributed by atoms with van der Waals surface area (Å²) >= 11 is 0. The lowest BCUT2D eigenvalue weighted by Gasteiger charge is -2.37. The Bertz CT molecular complexity index is 1060. The number of fused-ring (bicyclic) bond motifs is 1. The van der Waals surface area contributed by atoms with Crippen LogP contribution in [0.3, 0.4) is 0 Å². The third-order valence-corrected chi connectivity index (χ3v) is 8.90. The van der Waals surface area contributed by atoms with E-state index in [0.717, 1.165) is 31.2 Å². The maximum absolute atomic E-state index is 13.5. The second-order valence-electron chi connectivity index (χ2n) is 9.67. The van der Waals surface area contributed by atoms with Crippen molar-refractivity contribution in [3.05, 3.63) is 23.7 Å². The lowest BCUT2D eigenvalue weighted by atomic mass is 9.75. The quantitative estimate of drug-likeness (QED) is 0.644. The van der Waals surface area contributed by atoms with Gasteiger partial charge < -0.3 is 4.74 Å². The Morgan fingerprint density at radius 1 is 1.13 bits per heavy atom. The van der Waals surface area contributed by atoms with Crippen LogP contribution in [0.25, 0.3) is 5.65 Å². The molecule has 0 spiro atoms. The first-order valence-electron chi connectivity index (χ1n) is 10.7. The molecule has 0 aromatic carbocycles. The van der Waals surface area contributed by atoms with Gasteiger partial charge in [-0.1, -0.05) is 6.92 Å². The minimum Gasteiger partial charge on any atom is -0.493 e. The third kappa shape index (κ3) is 4.05. The van der Waals surface area contributed by atoms with E-state index in [1.165, 1.54) is 0 Å². The summed E-state index contributed by atoms with van der Waals surface area (Å²) in [5, 5.41) is 8.05. The van der Waals surface area contributed by atoms with Gasteiger partial charge in [-0.2, -0.15) is 0 Å². The van der Waals surface area contributed by atoms with Crippen LogP contribution in [0.2, 0.25) is 0 Å². The largest absolute Gasteiger partial charge is 0.493 e. The van der Waals surface area contributed by atoms with Crippen molar-refractivity contribution in [2.75, 3.05) is 6.61 Å². The molecule has 2 aromatic heterocycles. The minimum absolute atomic E-state index is 0.0929. The lowest BCUT2D eigenvalue weighted by Crippen LogP contribution is -2.35. The highest BCUT2D eigenvalue weighted by Crippen LogP contribution is 2.47. The zero-order valence-corrected chi connectivity index (χ0v) is 17.9. The van der Waals surface area contributed by atoms with Crippen LogP contribution < -0.4 is 4.74 Å². The molecular weight excluding hydrogens is 412 g/mol. The van der Waals surface area contributed by atoms with Gasteiger partial charge in [0, 0.05) is 36.1 Å². The number of hydrogen-bond donors (Lipinski definition) is 0. The Kier molecular flexibility index (Phi) is 4.61. The molecule has 0 N–H and O–H groups in total. The van der Waals surface area contributed by atoms with Gasteiger partial charge in [0.1, 0.15) is 11.5 Å². The molecule has 2 aromatic rings. The molecule has 3 saturated carbocycles. The summed E-state index contributed by atoms with van der Waals surface area (Å²) in [7, 11) is -3.19. The fourth-order valence-electron chi connectivity index (χ4n) is 4.24. The summed E-state index contributed by atoms with van der Waals surface area (Å²) < 4.78 is 59.8. The van der Waals surface area contributed by atoms with Gasteiger partial charge in [-0.05, 0) is 44.4 Å². The van der Waals surface area contributed by atoms with E-state index in [1.54, 1.807) is 4.40 Å². The number of ether oxygens (including phenoxy) is 1. The number of aromatic nitrogens is 3. The molecule has 0 saturated heterocycles. The normalized spacial score (nSPS) is 23.6. The van der Waals surface area contributed by atoms with Crippen molar-refractivity contribution < 1.29 is 21.9 Å². The number of pyridine rings is 1. The molecule has 6 nitrogen and oxygen atoms in total. The minimum atomic E-state index is -3.19. The summed E-state index contributed by atoms with van der Waals surface area (Å²) in [4.78, 5) is 0. The van der Waals surface area contributed by atoms with Crippen molar-refractivity contribution in [3.63, 3.8) is 0 Å². The predicted molar refractivity (Wildman–Crippen MR) is 108 cm³/mol. The third-order valence-electron chi connectivity index (χ3n) is 6.75. The van der Waals surface area contributed by atoms with Crippen LogP contribution in [0.5, 0.6) is 5.75 Å². The van der Waals surface area contributed by atoms with Crippen LogP contribution in [0.15, 0.2) is 12.3 Å². The van der Waals surface area contributed by atoms with Crippen LogP contribution in [-0.4, -0.2) is 40.8 Å². The van der Waals surface area contributed by atoms with E-state index in [2.05, 4.69) is 10.2 Å². The molecule has 2 heterocycles. The molecule has 0 atom stereocenters. The van der Waals surface area contributed by atoms with E-state index in [1.807, 2.05) is 19.2 Å². The molecule has 0 bridgehead atoms. The predicted octanol–water partition coefficient (Wildman–Crippen LogP) is 4.28. The van der Waals surface area contributed by atoms with Gasteiger partial charge in [0.05, 0.1) is 11.9 Å². The zero-order chi connectivity index (χ0) is 21.1. The van der Waals surface area contributed by atoms with Crippen LogP contribution in [0.1, 0.15) is 75.6 Å². The summed E-state index contributed by atoms with van der Waals surface area (Å²) in [5.41, 5.74) is 1.30. The Morgan fingerprint density at radius 3 is 2.47 bits per heavy atom. The zero-order valence-electron chi connectivity index (χ0n) is 17.1. The van der Waals surface area contributed by atoms with E-state index in [9.17, 15) is 17.2 Å². The van der Waals surface area contributed by atoms with Gasteiger partial charge in [0.15, 0.2) is 21.3 Å². The van der Waals surface area contributed by atoms with E-state index >= 15 is 0 Å². The molecule has 0 aliphatic heterocycles. The first-order valence-corrected chi connectivity index (χ1v) is 12.5. The molecule has 30 heavy (non-hydrogen) atoms. The van der Waals surface area contributed by atoms with E-state index in [-0.39, 0.29) is 29.3 Å². The average Bonchev–Trinajstić information content (AvgIpc) is 3.60. The van der Waals surface area contributed by atoms with Crippen LogP contribution in [0, 0.1) is 5.41 Å². The fraction of sp³-hybridized carbons (Fsp3) is 0.714. The van der Waals surface area contributed by atoms with E-state index < -0.39 is 15.8 Å². The maximum Gasteiger partial charge on any atom is 0.248 e. The summed E-state index contributed by atoms with van der Waals surface area (Å²) in [6, 6.07) is 1.81. The van der Waals surface area contributed by atoms with Crippen molar-refractivity contribution in [2.45, 2.75) is 81.1 Å². The van der Waals surface area contributed by atoms with Crippen LogP contribution >= 0.6 is 0 Å². The smallest absolute Gasteiger partial charge is 0.248 e. The van der Waals surface area contributed by atoms with Crippen molar-refractivity contribution in [1.29, 1.82) is 0 Å². The topological polar surface area (TPSA) is 73.6 Å². The van der Waals surface area contributed by atoms with Crippen LogP contribution in [0.4, 0.5) is 8.78 Å². The molecule has 164 valence electrons. The molecule has 0 amide bonds. The highest BCUT2D eigenvalue weighted by molar-refractivity contribution is 7.91. The van der Waals surface area contributed by atoms with Crippen molar-refractivity contribution >= 4 is 15.5 Å². The Labute approximate surface area is 174 Å². The molecule has 3 fully saturated rings. The Morgan fingerprint density at radius 2 is 1.83 bits per heavy atom. The van der Waals surface area contributed by atoms with Gasteiger partial charge in [0.2, 0.25) is 5.92 Å². The maximum atomic E-state index is 13.5. The first kappa shape index (κ1) is 20.2. The molecule has 3 aliphatic rings. The SMILES string of the molecule is CC1(COc2cc3nnc(CS(=O)(=O)C4CC4)n3cc2C2CC2)CCC(F)(F)CC1. The molecule has 5 rings (SSSR count). The second-order valence-corrected chi connectivity index (χ2v) is 12.0. The number of sulfone groups is 1. The van der Waals surface area contributed by atoms with E-state index in [4.69, 9.17) is 4.74 Å². The highest BCUT2D eigenvalue weighted by atomic mass is 32.2. The van der Waals surface area contributed by atoms with Gasteiger partial charge in [-0.25, -0.2) is 17.2 Å². The number of nitrogens with zero attached hydrogens (tertiary/aromatic N) is 3. The number of alkyl halides is 2. The second kappa shape index (κ2) is 6.87. The number of hydrogen-bond acceptors (Lipinski definition) is 5. The fourth-order valence-corrected chi connectivity index (χ4v) is 5.89. The Balaban J connectivity index is 1.38. The first-order chi connectivity index (χ1) is 14.1. The van der Waals surface area contributed by atoms with Gasteiger partial charge >= 0.3 is 0 Å². The summed E-state index contributed by atoms with van der Waals surface area (Å²) in [6.07, 6.45) is 6.19. The molecule has 0 unspecified atom stereocenters. The van der Waals surface area contributed by atoms with Gasteiger partial charge in [-0.3, -0.25) is 4.40 Å². The van der Waals surface area contributed by atoms with Crippen LogP contribution in [-0.2, 0) is 15.6 Å². The van der Waals surface area contributed by atoms with E-state index in [0.29, 0.717) is 42.6 Å². The monoisotopic (exact) mass is 439 g/mol. The highest BCUT2D eigenvalue weighted by Gasteiger charge is 2.41. The summed E-state index contributed by atoms with van der Waals surface area (Å²) in [5.74, 6) is -1.13. The van der Waals surface area contributed by atoms with Gasteiger partial charge in [0.25, 0.3) is 0 Å². The molecular formula is C21H27F2N3O3S. The molecule has 3 aliphatic carbocycles. The Hall–Kier alpha value is -1.77. The average molecular weight is 440 g/mol. The standard InChI is InChI=1S/C21H27F2N3O3S/c1-20(6-8-21(22,23)9-7-20)13-29-17-10-18-24-25-19(12-30(27,28)15-4-5-15)26(18)11-16(17)14-2-3-14/h10-11,14-15H,2-9,12-13H2,1H3. The van der Waals surface area contributed by atoms with Crippen molar-refractivity contribution in [3.8, 4) is 5.75 Å². The molecule has 0 radical (unpaired) electrons.